The Morgan fingerprint density at radius 1 is 0.443 bits per heavy atom. The molecule has 4 aliphatic rings. The first-order valence-electron chi connectivity index (χ1n) is 38.9. The van der Waals surface area contributed by atoms with Crippen LogP contribution in [-0.4, -0.2) is 187 Å². The second kappa shape index (κ2) is 36.3. The number of hydrogen-bond acceptors (Lipinski definition) is 23. The number of likely N-dealkylation sites (tertiary alicyclic amines) is 1. The van der Waals surface area contributed by atoms with E-state index in [1.807, 2.05) is 171 Å². The Labute approximate surface area is 664 Å². The van der Waals surface area contributed by atoms with Gasteiger partial charge in [0.1, 0.15) is 0 Å². The molecule has 12 bridgehead atoms. The molecule has 115 heavy (non-hydrogen) atoms. The largest absolute Gasteiger partial charge is 0.351 e. The van der Waals surface area contributed by atoms with Crippen LogP contribution < -0.4 is 53.2 Å². The molecule has 10 N–H and O–H groups in total. The summed E-state index contributed by atoms with van der Waals surface area (Å²) in [4.78, 5) is 112. The maximum atomic E-state index is 13.3. The Bertz CT molecular complexity index is 5540. The van der Waals surface area contributed by atoms with Crippen LogP contribution in [0.5, 0.6) is 0 Å². The van der Waals surface area contributed by atoms with Crippen molar-refractivity contribution in [3.63, 3.8) is 0 Å². The first kappa shape index (κ1) is 78.2. The number of nitrogens with zero attached hydrogens (tertiary/aromatic N) is 16. The molecule has 1 saturated heterocycles. The minimum atomic E-state index is -0.138. The van der Waals surface area contributed by atoms with Crippen molar-refractivity contribution >= 4 is 139 Å². The Morgan fingerprint density at radius 3 is 1.20 bits per heavy atom. The molecule has 6 amide bonds. The van der Waals surface area contributed by atoms with Crippen molar-refractivity contribution in [2.75, 3.05) is 115 Å². The van der Waals surface area contributed by atoms with Crippen LogP contribution in [-0.2, 0) is 33.6 Å². The summed E-state index contributed by atoms with van der Waals surface area (Å²) in [6.45, 7) is 8.04. The number of benzene rings is 6. The Kier molecular flexibility index (Phi) is 24.7. The second-order valence-electron chi connectivity index (χ2n) is 29.0. The predicted octanol–water partition coefficient (Wildman–Crippen LogP) is 12.4. The summed E-state index contributed by atoms with van der Waals surface area (Å²) in [5, 5.41) is 45.3. The third-order valence-corrected chi connectivity index (χ3v) is 20.0. The van der Waals surface area contributed by atoms with Crippen LogP contribution in [0.4, 0.5) is 86.9 Å². The van der Waals surface area contributed by atoms with E-state index in [1.54, 1.807) is 49.2 Å². The first-order chi connectivity index (χ1) is 55.9. The number of nitrogens with one attached hydrogen (secondary N) is 10. The van der Waals surface area contributed by atoms with Crippen LogP contribution in [0, 0.1) is 0 Å². The zero-order valence-corrected chi connectivity index (χ0v) is 65.2. The smallest absolute Gasteiger partial charge is 0.253 e. The lowest BCUT2D eigenvalue weighted by Gasteiger charge is -2.20. The molecule has 1 fully saturated rings. The van der Waals surface area contributed by atoms with Gasteiger partial charge in [-0.3, -0.25) is 28.8 Å². The van der Waals surface area contributed by atoms with E-state index < -0.39 is 0 Å². The van der Waals surface area contributed by atoms with Crippen molar-refractivity contribution in [1.82, 2.24) is 83.7 Å². The van der Waals surface area contributed by atoms with Gasteiger partial charge < -0.3 is 72.8 Å². The quantitative estimate of drug-likeness (QED) is 0.0456. The molecule has 0 aliphatic carbocycles. The summed E-state index contributed by atoms with van der Waals surface area (Å²) in [7, 11) is 8.04. The van der Waals surface area contributed by atoms with E-state index in [-0.39, 0.29) is 35.4 Å². The molecule has 1 atom stereocenters. The molecule has 0 saturated carbocycles. The van der Waals surface area contributed by atoms with Crippen molar-refractivity contribution < 1.29 is 28.8 Å². The number of fused-ring (bicyclic) bond motifs is 9. The molecule has 12 aromatic rings. The fourth-order valence-electron chi connectivity index (χ4n) is 13.9. The van der Waals surface area contributed by atoms with Crippen LogP contribution >= 0.6 is 0 Å². The molecule has 6 aromatic heterocycles. The summed E-state index contributed by atoms with van der Waals surface area (Å²) >= 11 is 0. The molecular weight excluding hydrogens is 1460 g/mol. The van der Waals surface area contributed by atoms with E-state index in [0.29, 0.717) is 137 Å². The van der Waals surface area contributed by atoms with Crippen molar-refractivity contribution in [2.24, 2.45) is 0 Å². The minimum Gasteiger partial charge on any atom is -0.351 e. The van der Waals surface area contributed by atoms with E-state index in [0.717, 1.165) is 129 Å². The number of anilines is 15. The lowest BCUT2D eigenvalue weighted by molar-refractivity contribution is -0.117. The number of rotatable bonds is 15. The highest BCUT2D eigenvalue weighted by molar-refractivity contribution is 5.98. The molecule has 32 heteroatoms. The highest BCUT2D eigenvalue weighted by Crippen LogP contribution is 2.31. The predicted molar refractivity (Wildman–Crippen MR) is 445 cm³/mol. The lowest BCUT2D eigenvalue weighted by Crippen LogP contribution is -2.34. The van der Waals surface area contributed by atoms with Gasteiger partial charge in [0.05, 0.1) is 18.6 Å². The van der Waals surface area contributed by atoms with E-state index in [4.69, 9.17) is 24.9 Å². The Hall–Kier alpha value is -13.5. The maximum Gasteiger partial charge on any atom is 0.253 e. The van der Waals surface area contributed by atoms with Crippen LogP contribution in [0.2, 0.25) is 0 Å². The van der Waals surface area contributed by atoms with Crippen LogP contribution in [0.15, 0.2) is 164 Å². The lowest BCUT2D eigenvalue weighted by atomic mass is 10.1. The van der Waals surface area contributed by atoms with Gasteiger partial charge in [-0.25, -0.2) is 0 Å². The molecule has 4 aliphatic heterocycles. The highest BCUT2D eigenvalue weighted by atomic mass is 16.2. The number of aromatic nitrogens is 12. The van der Waals surface area contributed by atoms with Crippen molar-refractivity contribution in [1.29, 1.82) is 0 Å². The van der Waals surface area contributed by atoms with Gasteiger partial charge in [-0.15, -0.1) is 0 Å². The average molecular weight is 1550 g/mol. The molecule has 6 aromatic carbocycles. The topological polar surface area (TPSA) is 365 Å². The average Bonchev–Trinajstić information content (AvgIpc) is 1.68. The van der Waals surface area contributed by atoms with Gasteiger partial charge in [0.15, 0.2) is 16.9 Å². The van der Waals surface area contributed by atoms with Crippen molar-refractivity contribution in [3.8, 4) is 0 Å². The number of carbonyl (C=O) groups is 6. The highest BCUT2D eigenvalue weighted by Gasteiger charge is 2.29. The van der Waals surface area contributed by atoms with E-state index >= 15 is 0 Å². The number of hydrogen-bond donors (Lipinski definition) is 10. The molecular formula is C83H94N26O6. The summed E-state index contributed by atoms with van der Waals surface area (Å²) in [6, 6.07) is 44.9. The molecule has 0 spiro atoms. The molecule has 0 radical (unpaired) electrons. The van der Waals surface area contributed by atoms with Gasteiger partial charge in [-0.05, 0) is 215 Å². The molecule has 592 valence electrons. The maximum absolute atomic E-state index is 13.3. The van der Waals surface area contributed by atoms with Crippen LogP contribution in [0.3, 0.4) is 0 Å². The SMILES string of the molecule is CCN(CC)C(=O)c1cccc(Nc2nc3nc4c(cnn24)CCCCC(=O)Nc2cccc(c2)N3)c1.CN(C)C1CCN(C(=O)c2cccc(Nc3nc4nc5c(cnn35)CCCCC(=O)Nc3cccc(c3)N4)c2)C1.CN(C)CCNC(=O)c1cccc(Nc2nc3nc4c(cnn24)CCCCC(=O)Nc2cccc(c2)N3)c1. The second-order valence-corrected chi connectivity index (χ2v) is 29.0. The number of likely N-dealkylation sites (N-methyl/N-ethyl adjacent to an activating group) is 2. The van der Waals surface area contributed by atoms with Gasteiger partial charge in [0.2, 0.25) is 53.4 Å². The zero-order valence-electron chi connectivity index (χ0n) is 65.2. The van der Waals surface area contributed by atoms with Crippen molar-refractivity contribution in [3.05, 3.63) is 198 Å². The van der Waals surface area contributed by atoms with E-state index in [2.05, 4.69) is 92.4 Å². The first-order valence-corrected chi connectivity index (χ1v) is 38.9. The normalized spacial score (nSPS) is 14.9. The molecule has 10 heterocycles. The fourth-order valence-corrected chi connectivity index (χ4v) is 13.9. The number of carbonyl (C=O) groups excluding carboxylic acids is 6. The van der Waals surface area contributed by atoms with Gasteiger partial charge in [-0.1, -0.05) is 36.4 Å². The van der Waals surface area contributed by atoms with E-state index in [9.17, 15) is 28.8 Å². The van der Waals surface area contributed by atoms with E-state index in [1.165, 1.54) is 0 Å². The van der Waals surface area contributed by atoms with Crippen molar-refractivity contribution in [2.45, 2.75) is 103 Å². The molecule has 32 nitrogen and oxygen atoms in total. The fraction of sp³-hybridized carbons (Fsp3) is 0.313. The van der Waals surface area contributed by atoms with Gasteiger partial charge in [0.25, 0.3) is 17.7 Å². The zero-order chi connectivity index (χ0) is 79.9. The molecule has 16 rings (SSSR count). The monoisotopic (exact) mass is 1550 g/mol. The summed E-state index contributed by atoms with van der Waals surface area (Å²) < 4.78 is 5.03. The summed E-state index contributed by atoms with van der Waals surface area (Å²) in [5.41, 5.74) is 13.3. The minimum absolute atomic E-state index is 0.00131. The Balaban J connectivity index is 0.000000143. The van der Waals surface area contributed by atoms with Gasteiger partial charge >= 0.3 is 0 Å². The number of aryl methyl sites for hydroxylation is 3. The number of amides is 6. The van der Waals surface area contributed by atoms with Gasteiger partial charge in [-0.2, -0.15) is 58.7 Å². The summed E-state index contributed by atoms with van der Waals surface area (Å²) in [5.74, 6) is 2.47. The molecule has 1 unspecified atom stereocenters. The third kappa shape index (κ3) is 19.9. The summed E-state index contributed by atoms with van der Waals surface area (Å²) in [6.07, 6.45) is 14.7. The standard InChI is InChI=1S/C29H33N9O2.C27H31N9O2.C27H30N8O2/c1-36(2)24-13-14-37(18-24)27(40)19-8-5-9-21(15-19)33-29-35-28-32-23-11-6-10-22(16-23)31-25(39)12-4-3-7-20-17-30-38(29)26(20)34-28;1-35(2)14-13-28-25(38)18-8-5-9-20(15-18)32-27-34-26-31-22-11-6-10-21(16-22)30-23(37)12-4-3-7-19-17-29-36(27)24(19)33-26;1-3-34(4-2)25(37)18-10-7-11-20(15-18)31-27-33-26-30-22-13-8-12-21(16-22)29-23(36)14-6-5-9-19-17-28-35(27)24(19)32-26/h5-6,8-11,15-17,24H,3-4,7,12-14,18H2,1-2H3,(H,31,39)(H2,32,33,34,35);5-6,8-11,15-17H,3-4,7,12-14H2,1-2H3,(H,28,38)(H,30,37)(H2,31,32,33,34);7-8,10-13,15-17H,3-6,9,14H2,1-2H3,(H,29,36)(H2,30,31,32,33). The van der Waals surface area contributed by atoms with Gasteiger partial charge in [0, 0.05) is 149 Å². The Morgan fingerprint density at radius 2 is 0.809 bits per heavy atom. The van der Waals surface area contributed by atoms with Crippen LogP contribution in [0.25, 0.3) is 16.9 Å². The van der Waals surface area contributed by atoms with Crippen LogP contribution in [0.1, 0.15) is 126 Å². The third-order valence-electron chi connectivity index (χ3n) is 20.0.